The maximum absolute atomic E-state index is 13.2. The zero-order valence-electron chi connectivity index (χ0n) is 20.6. The van der Waals surface area contributed by atoms with Crippen LogP contribution in [0.15, 0.2) is 18.2 Å². The highest BCUT2D eigenvalue weighted by Gasteiger charge is 2.40. The zero-order chi connectivity index (χ0) is 26.2. The number of aromatic amines is 1. The third-order valence-corrected chi connectivity index (χ3v) is 7.14. The maximum Gasteiger partial charge on any atom is 0.268 e. The molecule has 1 aliphatic heterocycles. The van der Waals surface area contributed by atoms with Crippen LogP contribution in [0.5, 0.6) is 5.75 Å². The molecule has 11 heteroatoms. The molecule has 10 nitrogen and oxygen atoms in total. The van der Waals surface area contributed by atoms with E-state index in [4.69, 9.17) is 22.1 Å². The molecule has 4 amide bonds. The van der Waals surface area contributed by atoms with Gasteiger partial charge in [0.25, 0.3) is 5.91 Å². The summed E-state index contributed by atoms with van der Waals surface area (Å²) in [5, 5.41) is 9.42. The van der Waals surface area contributed by atoms with Crippen molar-refractivity contribution in [2.45, 2.75) is 63.6 Å². The molecule has 0 bridgehead atoms. The fraction of sp³-hybridized carbons (Fsp3) is 0.520. The lowest BCUT2D eigenvalue weighted by Gasteiger charge is -2.23. The number of carbonyl (C=O) groups is 4. The first-order valence-electron chi connectivity index (χ1n) is 12.0. The first-order valence-corrected chi connectivity index (χ1v) is 12.4. The Labute approximate surface area is 214 Å². The maximum atomic E-state index is 13.2. The Balaban J connectivity index is 1.48. The average Bonchev–Trinajstić information content (AvgIpc) is 3.42. The van der Waals surface area contributed by atoms with Crippen LogP contribution in [-0.4, -0.2) is 53.3 Å². The first kappa shape index (κ1) is 25.8. The number of H-pyrrole nitrogens is 1. The standard InChI is InChI=1S/C25H32ClN5O5/c1-25(2)11-13(22(33)31-25)9-16(21(27)32)29-23(34)17(8-12-4-5-12)30-24(35)18-10-14-19(36-3)7-6-15(26)20(14)28-18/h6-7,10,12-13,16-17,28H,4-5,8-9,11H2,1-3H3,(H2,27,32)(H,29,34)(H,30,35)(H,31,33)/t13-,16?,17?/m1/s1. The molecular formula is C25H32ClN5O5. The van der Waals surface area contributed by atoms with Gasteiger partial charge in [-0.25, -0.2) is 0 Å². The summed E-state index contributed by atoms with van der Waals surface area (Å²) in [7, 11) is 1.52. The van der Waals surface area contributed by atoms with Crippen molar-refractivity contribution in [2.75, 3.05) is 7.11 Å². The van der Waals surface area contributed by atoms with Crippen LogP contribution in [0.2, 0.25) is 5.02 Å². The second kappa shape index (κ2) is 10.0. The van der Waals surface area contributed by atoms with Gasteiger partial charge in [-0.05, 0) is 57.2 Å². The van der Waals surface area contributed by atoms with Crippen molar-refractivity contribution in [3.8, 4) is 5.75 Å². The number of rotatable bonds is 10. The number of aromatic nitrogens is 1. The van der Waals surface area contributed by atoms with Gasteiger partial charge in [-0.2, -0.15) is 0 Å². The van der Waals surface area contributed by atoms with Crippen molar-refractivity contribution in [2.24, 2.45) is 17.6 Å². The van der Waals surface area contributed by atoms with E-state index in [0.717, 1.165) is 12.8 Å². The quantitative estimate of drug-likeness (QED) is 0.326. The predicted molar refractivity (Wildman–Crippen MR) is 135 cm³/mol. The number of benzene rings is 1. The van der Waals surface area contributed by atoms with Crippen LogP contribution in [0.3, 0.4) is 0 Å². The minimum atomic E-state index is -1.03. The molecule has 1 saturated carbocycles. The van der Waals surface area contributed by atoms with E-state index in [-0.39, 0.29) is 23.6 Å². The van der Waals surface area contributed by atoms with E-state index < -0.39 is 35.7 Å². The minimum Gasteiger partial charge on any atom is -0.496 e. The first-order chi connectivity index (χ1) is 17.0. The van der Waals surface area contributed by atoms with Crippen LogP contribution in [0.1, 0.15) is 56.4 Å². The van der Waals surface area contributed by atoms with Crippen molar-refractivity contribution in [3.05, 3.63) is 28.9 Å². The van der Waals surface area contributed by atoms with E-state index in [1.54, 1.807) is 18.2 Å². The number of hydrogen-bond acceptors (Lipinski definition) is 5. The van der Waals surface area contributed by atoms with E-state index >= 15 is 0 Å². The van der Waals surface area contributed by atoms with E-state index in [0.29, 0.717) is 40.4 Å². The van der Waals surface area contributed by atoms with Gasteiger partial charge >= 0.3 is 0 Å². The smallest absolute Gasteiger partial charge is 0.268 e. The Morgan fingerprint density at radius 2 is 1.92 bits per heavy atom. The van der Waals surface area contributed by atoms with Crippen molar-refractivity contribution in [1.82, 2.24) is 20.9 Å². The van der Waals surface area contributed by atoms with Crippen molar-refractivity contribution < 1.29 is 23.9 Å². The third kappa shape index (κ3) is 5.75. The molecule has 2 fully saturated rings. The van der Waals surface area contributed by atoms with Gasteiger partial charge in [0.1, 0.15) is 23.5 Å². The summed E-state index contributed by atoms with van der Waals surface area (Å²) in [6.45, 7) is 3.80. The Kier molecular flexibility index (Phi) is 7.17. The Bertz CT molecular complexity index is 1200. The molecule has 6 N–H and O–H groups in total. The lowest BCUT2D eigenvalue weighted by Crippen LogP contribution is -2.53. The summed E-state index contributed by atoms with van der Waals surface area (Å²) in [4.78, 5) is 53.8. The number of nitrogens with two attached hydrogens (primary N) is 1. The Morgan fingerprint density at radius 1 is 1.19 bits per heavy atom. The van der Waals surface area contributed by atoms with E-state index in [1.165, 1.54) is 7.11 Å². The van der Waals surface area contributed by atoms with Gasteiger partial charge in [0, 0.05) is 16.8 Å². The number of ether oxygens (including phenoxy) is 1. The largest absolute Gasteiger partial charge is 0.496 e. The molecule has 1 saturated heterocycles. The Morgan fingerprint density at radius 3 is 2.50 bits per heavy atom. The molecule has 2 unspecified atom stereocenters. The van der Waals surface area contributed by atoms with E-state index in [2.05, 4.69) is 20.9 Å². The molecule has 1 aromatic carbocycles. The second-order valence-electron chi connectivity index (χ2n) is 10.4. The van der Waals surface area contributed by atoms with E-state index in [9.17, 15) is 19.2 Å². The lowest BCUT2D eigenvalue weighted by atomic mass is 9.91. The third-order valence-electron chi connectivity index (χ3n) is 6.82. The summed E-state index contributed by atoms with van der Waals surface area (Å²) in [6, 6.07) is 3.09. The van der Waals surface area contributed by atoms with Crippen LogP contribution in [0.4, 0.5) is 0 Å². The van der Waals surface area contributed by atoms with Gasteiger partial charge in [-0.15, -0.1) is 0 Å². The number of hydrogen-bond donors (Lipinski definition) is 5. The molecule has 194 valence electrons. The molecule has 36 heavy (non-hydrogen) atoms. The fourth-order valence-electron chi connectivity index (χ4n) is 4.80. The van der Waals surface area contributed by atoms with Gasteiger partial charge < -0.3 is 31.4 Å². The SMILES string of the molecule is COc1ccc(Cl)c2[nH]c(C(=O)NC(CC3CC3)C(=O)NC(C[C@@H]3CC(C)(C)NC3=O)C(N)=O)cc12. The predicted octanol–water partition coefficient (Wildman–Crippen LogP) is 2.00. The highest BCUT2D eigenvalue weighted by molar-refractivity contribution is 6.35. The molecule has 0 radical (unpaired) electrons. The molecule has 1 aliphatic carbocycles. The number of nitrogens with one attached hydrogen (secondary N) is 4. The number of halogens is 1. The molecule has 2 aromatic rings. The van der Waals surface area contributed by atoms with Crippen LogP contribution in [0.25, 0.3) is 10.9 Å². The van der Waals surface area contributed by atoms with Gasteiger partial charge in [-0.3, -0.25) is 19.2 Å². The molecule has 3 atom stereocenters. The number of carbonyl (C=O) groups excluding carboxylic acids is 4. The summed E-state index contributed by atoms with van der Waals surface area (Å²) in [5.41, 5.74) is 5.95. The monoisotopic (exact) mass is 517 g/mol. The normalized spacial score (nSPS) is 20.4. The topological polar surface area (TPSA) is 155 Å². The van der Waals surface area contributed by atoms with Crippen LogP contribution in [0, 0.1) is 11.8 Å². The van der Waals surface area contributed by atoms with Gasteiger partial charge in [0.05, 0.1) is 17.6 Å². The molecule has 1 aromatic heterocycles. The molecular weight excluding hydrogens is 486 g/mol. The Hall–Kier alpha value is -3.27. The molecule has 4 rings (SSSR count). The number of primary amides is 1. The number of amides is 4. The highest BCUT2D eigenvalue weighted by atomic mass is 35.5. The molecule has 2 aliphatic rings. The van der Waals surface area contributed by atoms with Crippen molar-refractivity contribution in [1.29, 1.82) is 0 Å². The summed E-state index contributed by atoms with van der Waals surface area (Å²) < 4.78 is 5.35. The van der Waals surface area contributed by atoms with Gasteiger partial charge in [0.2, 0.25) is 17.7 Å². The molecule has 0 spiro atoms. The van der Waals surface area contributed by atoms with Gasteiger partial charge in [-0.1, -0.05) is 24.4 Å². The number of methoxy groups -OCH3 is 1. The zero-order valence-corrected chi connectivity index (χ0v) is 21.3. The van der Waals surface area contributed by atoms with Crippen LogP contribution >= 0.6 is 11.6 Å². The summed E-state index contributed by atoms with van der Waals surface area (Å²) >= 11 is 6.27. The van der Waals surface area contributed by atoms with E-state index in [1.807, 2.05) is 13.8 Å². The second-order valence-corrected chi connectivity index (χ2v) is 10.8. The lowest BCUT2D eigenvalue weighted by molar-refractivity contribution is -0.130. The fourth-order valence-corrected chi connectivity index (χ4v) is 5.01. The summed E-state index contributed by atoms with van der Waals surface area (Å²) in [5.74, 6) is -1.47. The highest BCUT2D eigenvalue weighted by Crippen LogP contribution is 2.34. The van der Waals surface area contributed by atoms with Gasteiger partial charge in [0.15, 0.2) is 0 Å². The number of fused-ring (bicyclic) bond motifs is 1. The summed E-state index contributed by atoms with van der Waals surface area (Å²) in [6.07, 6.45) is 3.00. The average molecular weight is 518 g/mol. The van der Waals surface area contributed by atoms with Crippen LogP contribution in [-0.2, 0) is 14.4 Å². The van der Waals surface area contributed by atoms with Crippen molar-refractivity contribution in [3.63, 3.8) is 0 Å². The van der Waals surface area contributed by atoms with Crippen molar-refractivity contribution >= 4 is 46.1 Å². The molecule has 2 heterocycles. The van der Waals surface area contributed by atoms with Crippen LogP contribution < -0.4 is 26.4 Å². The minimum absolute atomic E-state index is 0.0980.